The van der Waals surface area contributed by atoms with E-state index in [1.165, 1.54) is 18.4 Å². The van der Waals surface area contributed by atoms with E-state index in [4.69, 9.17) is 4.42 Å². The Balaban J connectivity index is 1.70. The number of hydrogen-bond donors (Lipinski definition) is 2. The van der Waals surface area contributed by atoms with E-state index >= 15 is 0 Å². The zero-order chi connectivity index (χ0) is 16.0. The van der Waals surface area contributed by atoms with Gasteiger partial charge in [0, 0.05) is 6.54 Å². The van der Waals surface area contributed by atoms with E-state index in [9.17, 15) is 18.0 Å². The largest absolute Gasteiger partial charge is 0.467 e. The van der Waals surface area contributed by atoms with Gasteiger partial charge in [0.05, 0.1) is 18.4 Å². The van der Waals surface area contributed by atoms with Gasteiger partial charge in [-0.25, -0.2) is 4.79 Å². The number of carbonyl (C=O) groups is 1. The number of nitrogens with one attached hydrogen (secondary N) is 2. The van der Waals surface area contributed by atoms with Crippen LogP contribution in [0.1, 0.15) is 16.9 Å². The Morgan fingerprint density at radius 1 is 1.09 bits per heavy atom. The predicted octanol–water partition coefficient (Wildman–Crippen LogP) is 3.34. The first-order valence-electron chi connectivity index (χ1n) is 6.65. The van der Waals surface area contributed by atoms with Crippen molar-refractivity contribution in [3.8, 4) is 0 Å². The third kappa shape index (κ3) is 4.83. The summed E-state index contributed by atoms with van der Waals surface area (Å²) in [6.45, 7) is 0.606. The van der Waals surface area contributed by atoms with Crippen LogP contribution < -0.4 is 10.6 Å². The Morgan fingerprint density at radius 3 is 2.41 bits per heavy atom. The average Bonchev–Trinajstić information content (AvgIpc) is 2.98. The standard InChI is InChI=1S/C15H15F3N2O2/c16-15(17,18)12-5-3-11(4-6-12)7-8-19-14(21)20-10-13-2-1-9-22-13/h1-6,9H,7-8,10H2,(H2,19,20,21). The van der Waals surface area contributed by atoms with E-state index in [1.54, 1.807) is 12.1 Å². The second-order valence-corrected chi connectivity index (χ2v) is 4.63. The van der Waals surface area contributed by atoms with Crippen molar-refractivity contribution >= 4 is 6.03 Å². The van der Waals surface area contributed by atoms with E-state index in [0.717, 1.165) is 17.7 Å². The first-order chi connectivity index (χ1) is 10.4. The maximum absolute atomic E-state index is 12.4. The van der Waals surface area contributed by atoms with Gasteiger partial charge in [0.2, 0.25) is 0 Å². The molecule has 0 saturated heterocycles. The van der Waals surface area contributed by atoms with Crippen molar-refractivity contribution in [2.45, 2.75) is 19.1 Å². The second kappa shape index (κ2) is 7.02. The number of urea groups is 1. The highest BCUT2D eigenvalue weighted by Crippen LogP contribution is 2.29. The molecular weight excluding hydrogens is 297 g/mol. The fraction of sp³-hybridized carbons (Fsp3) is 0.267. The van der Waals surface area contributed by atoms with Crippen LogP contribution in [0.4, 0.5) is 18.0 Å². The minimum absolute atomic E-state index is 0.277. The van der Waals surface area contributed by atoms with E-state index < -0.39 is 11.7 Å². The van der Waals surface area contributed by atoms with Crippen LogP contribution in [0.3, 0.4) is 0 Å². The molecule has 0 aliphatic heterocycles. The lowest BCUT2D eigenvalue weighted by Gasteiger charge is -2.09. The number of furan rings is 1. The minimum atomic E-state index is -4.33. The van der Waals surface area contributed by atoms with Crippen LogP contribution in [0.15, 0.2) is 47.1 Å². The number of halogens is 3. The van der Waals surface area contributed by atoms with Crippen molar-refractivity contribution in [2.75, 3.05) is 6.54 Å². The van der Waals surface area contributed by atoms with Gasteiger partial charge in [0.1, 0.15) is 5.76 Å². The molecule has 2 N–H and O–H groups in total. The van der Waals surface area contributed by atoms with Crippen molar-refractivity contribution < 1.29 is 22.4 Å². The molecule has 2 aromatic rings. The van der Waals surface area contributed by atoms with Gasteiger partial charge in [0.15, 0.2) is 0 Å². The molecule has 0 unspecified atom stereocenters. The number of carbonyl (C=O) groups excluding carboxylic acids is 1. The molecule has 2 rings (SSSR count). The summed E-state index contributed by atoms with van der Waals surface area (Å²) in [7, 11) is 0. The van der Waals surface area contributed by atoms with Crippen LogP contribution in [0.5, 0.6) is 0 Å². The lowest BCUT2D eigenvalue weighted by Crippen LogP contribution is -2.36. The summed E-state index contributed by atoms with van der Waals surface area (Å²) in [6, 6.07) is 7.99. The number of hydrogen-bond acceptors (Lipinski definition) is 2. The predicted molar refractivity (Wildman–Crippen MR) is 74.1 cm³/mol. The monoisotopic (exact) mass is 312 g/mol. The smallest absolute Gasteiger partial charge is 0.416 e. The van der Waals surface area contributed by atoms with Gasteiger partial charge in [-0.05, 0) is 36.2 Å². The molecule has 0 saturated carbocycles. The summed E-state index contributed by atoms with van der Waals surface area (Å²) in [5, 5.41) is 5.23. The molecule has 1 aromatic carbocycles. The Morgan fingerprint density at radius 2 is 1.82 bits per heavy atom. The highest BCUT2D eigenvalue weighted by molar-refractivity contribution is 5.73. The third-order valence-corrected chi connectivity index (χ3v) is 2.98. The molecule has 118 valence electrons. The summed E-state index contributed by atoms with van der Waals surface area (Å²) < 4.78 is 42.3. The SMILES string of the molecule is O=C(NCCc1ccc(C(F)(F)F)cc1)NCc1ccco1. The van der Waals surface area contributed by atoms with Crippen LogP contribution >= 0.6 is 0 Å². The van der Waals surface area contributed by atoms with E-state index in [0.29, 0.717) is 18.7 Å². The van der Waals surface area contributed by atoms with Crippen LogP contribution in [-0.4, -0.2) is 12.6 Å². The molecule has 1 aromatic heterocycles. The zero-order valence-corrected chi connectivity index (χ0v) is 11.6. The highest BCUT2D eigenvalue weighted by atomic mass is 19.4. The maximum Gasteiger partial charge on any atom is 0.416 e. The summed E-state index contributed by atoms with van der Waals surface area (Å²) in [5.74, 6) is 0.637. The number of alkyl halides is 3. The summed E-state index contributed by atoms with van der Waals surface area (Å²) in [5.41, 5.74) is 0.0414. The lowest BCUT2D eigenvalue weighted by atomic mass is 10.1. The van der Waals surface area contributed by atoms with Gasteiger partial charge in [0.25, 0.3) is 0 Å². The highest BCUT2D eigenvalue weighted by Gasteiger charge is 2.29. The van der Waals surface area contributed by atoms with Gasteiger partial charge in [-0.2, -0.15) is 13.2 Å². The number of rotatable bonds is 5. The zero-order valence-electron chi connectivity index (χ0n) is 11.6. The fourth-order valence-corrected chi connectivity index (χ4v) is 1.82. The maximum atomic E-state index is 12.4. The normalized spacial score (nSPS) is 11.2. The average molecular weight is 312 g/mol. The fourth-order valence-electron chi connectivity index (χ4n) is 1.82. The summed E-state index contributed by atoms with van der Waals surface area (Å²) in [6.07, 6.45) is -2.37. The lowest BCUT2D eigenvalue weighted by molar-refractivity contribution is -0.137. The molecule has 7 heteroatoms. The van der Waals surface area contributed by atoms with E-state index in [-0.39, 0.29) is 12.6 Å². The molecule has 0 fully saturated rings. The Hall–Kier alpha value is -2.44. The minimum Gasteiger partial charge on any atom is -0.467 e. The van der Waals surface area contributed by atoms with Crippen LogP contribution in [-0.2, 0) is 19.1 Å². The molecule has 1 heterocycles. The van der Waals surface area contributed by atoms with Gasteiger partial charge in [-0.15, -0.1) is 0 Å². The van der Waals surface area contributed by atoms with E-state index in [2.05, 4.69) is 10.6 Å². The first kappa shape index (κ1) is 15.9. The number of amides is 2. The Kier molecular flexibility index (Phi) is 5.08. The number of benzene rings is 1. The van der Waals surface area contributed by atoms with Crippen LogP contribution in [0, 0.1) is 0 Å². The van der Waals surface area contributed by atoms with Crippen molar-refractivity contribution in [2.24, 2.45) is 0 Å². The quantitative estimate of drug-likeness (QED) is 0.889. The third-order valence-electron chi connectivity index (χ3n) is 2.98. The molecule has 4 nitrogen and oxygen atoms in total. The van der Waals surface area contributed by atoms with E-state index in [1.807, 2.05) is 0 Å². The molecule has 0 aliphatic carbocycles. The van der Waals surface area contributed by atoms with Gasteiger partial charge >= 0.3 is 12.2 Å². The molecule has 0 spiro atoms. The van der Waals surface area contributed by atoms with Crippen molar-refractivity contribution in [1.29, 1.82) is 0 Å². The van der Waals surface area contributed by atoms with Crippen LogP contribution in [0.2, 0.25) is 0 Å². The molecule has 0 radical (unpaired) electrons. The first-order valence-corrected chi connectivity index (χ1v) is 6.65. The van der Waals surface area contributed by atoms with Gasteiger partial charge in [-0.1, -0.05) is 12.1 Å². The molecule has 0 atom stereocenters. The summed E-state index contributed by atoms with van der Waals surface area (Å²) in [4.78, 5) is 11.5. The molecule has 0 bridgehead atoms. The molecular formula is C15H15F3N2O2. The second-order valence-electron chi connectivity index (χ2n) is 4.63. The Bertz CT molecular complexity index is 592. The molecule has 2 amide bonds. The van der Waals surface area contributed by atoms with Crippen molar-refractivity contribution in [3.63, 3.8) is 0 Å². The van der Waals surface area contributed by atoms with Gasteiger partial charge < -0.3 is 15.1 Å². The topological polar surface area (TPSA) is 54.3 Å². The van der Waals surface area contributed by atoms with Crippen molar-refractivity contribution in [1.82, 2.24) is 10.6 Å². The van der Waals surface area contributed by atoms with Crippen LogP contribution in [0.25, 0.3) is 0 Å². The Labute approximate surface area is 125 Å². The molecule has 22 heavy (non-hydrogen) atoms. The van der Waals surface area contributed by atoms with Gasteiger partial charge in [-0.3, -0.25) is 0 Å². The molecule has 0 aliphatic rings. The summed E-state index contributed by atoms with van der Waals surface area (Å²) >= 11 is 0. The van der Waals surface area contributed by atoms with Crippen molar-refractivity contribution in [3.05, 3.63) is 59.5 Å².